The number of hydrogen-bond acceptors (Lipinski definition) is 6. The summed E-state index contributed by atoms with van der Waals surface area (Å²) in [6.45, 7) is 0.303. The molecule has 1 fully saturated rings. The minimum Gasteiger partial charge on any atom is -0.465 e. The summed E-state index contributed by atoms with van der Waals surface area (Å²) in [4.78, 5) is 16.8. The number of methoxy groups -OCH3 is 2. The van der Waals surface area contributed by atoms with Gasteiger partial charge in [0.15, 0.2) is 0 Å². The van der Waals surface area contributed by atoms with Crippen LogP contribution in [-0.4, -0.2) is 25.2 Å². The number of carbonyl (C=O) groups is 1. The fourth-order valence-electron chi connectivity index (χ4n) is 2.45. The molecule has 1 saturated carbocycles. The van der Waals surface area contributed by atoms with Crippen LogP contribution in [0.2, 0.25) is 0 Å². The Morgan fingerprint density at radius 2 is 2.05 bits per heavy atom. The van der Waals surface area contributed by atoms with Gasteiger partial charge in [-0.25, -0.2) is 9.78 Å². The average Bonchev–Trinajstić information content (AvgIpc) is 2.84. The second-order valence-corrected chi connectivity index (χ2v) is 5.94. The van der Waals surface area contributed by atoms with E-state index in [1.807, 2.05) is 0 Å². The molecule has 6 heteroatoms. The van der Waals surface area contributed by atoms with Crippen molar-refractivity contribution in [3.8, 4) is 0 Å². The number of hydrogen-bond donors (Lipinski definition) is 1. The number of esters is 1. The van der Waals surface area contributed by atoms with Crippen molar-refractivity contribution in [1.82, 2.24) is 4.98 Å². The summed E-state index contributed by atoms with van der Waals surface area (Å²) in [5, 5.41) is 0.833. The molecule has 19 heavy (non-hydrogen) atoms. The van der Waals surface area contributed by atoms with E-state index < -0.39 is 5.54 Å². The van der Waals surface area contributed by atoms with Crippen molar-refractivity contribution < 1.29 is 14.3 Å². The minimum absolute atomic E-state index is 0.303. The van der Waals surface area contributed by atoms with Gasteiger partial charge < -0.3 is 15.2 Å². The molecule has 2 N–H and O–H groups in total. The zero-order valence-corrected chi connectivity index (χ0v) is 12.2. The smallest absolute Gasteiger partial charge is 0.350 e. The lowest BCUT2D eigenvalue weighted by atomic mass is 9.83. The molecule has 5 nitrogen and oxygen atoms in total. The molecule has 0 aromatic carbocycles. The van der Waals surface area contributed by atoms with Crippen LogP contribution in [0.3, 0.4) is 0 Å². The van der Waals surface area contributed by atoms with Crippen LogP contribution in [0, 0.1) is 0 Å². The van der Waals surface area contributed by atoms with E-state index in [2.05, 4.69) is 4.98 Å². The van der Waals surface area contributed by atoms with Crippen molar-refractivity contribution in [2.24, 2.45) is 5.73 Å². The normalized spacial score (nSPS) is 18.3. The second-order valence-electron chi connectivity index (χ2n) is 4.94. The largest absolute Gasteiger partial charge is 0.465 e. The predicted molar refractivity (Wildman–Crippen MR) is 73.1 cm³/mol. The van der Waals surface area contributed by atoms with Crippen LogP contribution in [0.25, 0.3) is 0 Å². The topological polar surface area (TPSA) is 74.4 Å². The highest BCUT2D eigenvalue weighted by atomic mass is 32.1. The highest BCUT2D eigenvalue weighted by molar-refractivity contribution is 7.13. The first-order valence-electron chi connectivity index (χ1n) is 6.47. The van der Waals surface area contributed by atoms with Gasteiger partial charge in [-0.1, -0.05) is 19.3 Å². The van der Waals surface area contributed by atoms with E-state index in [1.165, 1.54) is 24.9 Å². The molecule has 1 aromatic rings. The van der Waals surface area contributed by atoms with Crippen molar-refractivity contribution in [3.05, 3.63) is 15.6 Å². The van der Waals surface area contributed by atoms with Gasteiger partial charge >= 0.3 is 5.97 Å². The minimum atomic E-state index is -0.391. The molecule has 0 atom stereocenters. The van der Waals surface area contributed by atoms with Crippen LogP contribution < -0.4 is 5.73 Å². The maximum absolute atomic E-state index is 11.8. The third-order valence-electron chi connectivity index (χ3n) is 3.52. The Kier molecular flexibility index (Phi) is 4.54. The van der Waals surface area contributed by atoms with Gasteiger partial charge in [0.2, 0.25) is 0 Å². The Hall–Kier alpha value is -0.980. The van der Waals surface area contributed by atoms with E-state index in [9.17, 15) is 4.79 Å². The molecular weight excluding hydrogens is 264 g/mol. The molecule has 0 saturated heterocycles. The lowest BCUT2D eigenvalue weighted by Crippen LogP contribution is -2.38. The van der Waals surface area contributed by atoms with E-state index in [1.54, 1.807) is 7.11 Å². The molecule has 0 unspecified atom stereocenters. The lowest BCUT2D eigenvalue weighted by Gasteiger charge is -2.31. The van der Waals surface area contributed by atoms with Crippen LogP contribution >= 0.6 is 11.3 Å². The fraction of sp³-hybridized carbons (Fsp3) is 0.692. The van der Waals surface area contributed by atoms with E-state index in [0.717, 1.165) is 30.7 Å². The third-order valence-corrected chi connectivity index (χ3v) is 4.82. The van der Waals surface area contributed by atoms with E-state index in [0.29, 0.717) is 17.2 Å². The van der Waals surface area contributed by atoms with Crippen molar-refractivity contribution in [3.63, 3.8) is 0 Å². The highest BCUT2D eigenvalue weighted by Crippen LogP contribution is 2.38. The average molecular weight is 284 g/mol. The van der Waals surface area contributed by atoms with Crippen LogP contribution in [0.15, 0.2) is 0 Å². The van der Waals surface area contributed by atoms with E-state index >= 15 is 0 Å². The summed E-state index contributed by atoms with van der Waals surface area (Å²) >= 11 is 1.35. The first kappa shape index (κ1) is 14.4. The molecule has 0 radical (unpaired) electrons. The molecule has 2 rings (SSSR count). The van der Waals surface area contributed by atoms with Gasteiger partial charge in [-0.15, -0.1) is 11.3 Å². The Morgan fingerprint density at radius 1 is 1.37 bits per heavy atom. The van der Waals surface area contributed by atoms with Gasteiger partial charge in [0, 0.05) is 7.11 Å². The zero-order chi connectivity index (χ0) is 13.9. The molecular formula is C13H20N2O3S. The van der Waals surface area contributed by atoms with Crippen LogP contribution in [-0.2, 0) is 21.6 Å². The van der Waals surface area contributed by atoms with Gasteiger partial charge in [-0.05, 0) is 12.8 Å². The number of thiazole rings is 1. The molecule has 0 aliphatic heterocycles. The Bertz CT molecular complexity index is 453. The maximum Gasteiger partial charge on any atom is 0.350 e. The van der Waals surface area contributed by atoms with E-state index in [-0.39, 0.29) is 5.97 Å². The zero-order valence-electron chi connectivity index (χ0n) is 11.4. The monoisotopic (exact) mass is 284 g/mol. The van der Waals surface area contributed by atoms with Gasteiger partial charge in [0.1, 0.15) is 9.88 Å². The Balaban J connectivity index is 2.33. The molecule has 1 aromatic heterocycles. The first-order chi connectivity index (χ1) is 9.10. The Labute approximate surface area is 117 Å². The predicted octanol–water partition coefficient (Wildman–Crippen LogP) is 2.19. The summed E-state index contributed by atoms with van der Waals surface area (Å²) in [5.74, 6) is -0.366. The molecule has 0 spiro atoms. The van der Waals surface area contributed by atoms with Gasteiger partial charge in [-0.3, -0.25) is 0 Å². The number of nitrogens with zero attached hydrogens (tertiary/aromatic N) is 1. The van der Waals surface area contributed by atoms with E-state index in [4.69, 9.17) is 15.2 Å². The van der Waals surface area contributed by atoms with Crippen LogP contribution in [0.1, 0.15) is 52.5 Å². The summed E-state index contributed by atoms with van der Waals surface area (Å²) < 4.78 is 9.88. The van der Waals surface area contributed by atoms with Gasteiger partial charge in [0.05, 0.1) is 24.9 Å². The first-order valence-corrected chi connectivity index (χ1v) is 7.28. The molecule has 0 amide bonds. The molecule has 1 aliphatic carbocycles. The molecule has 0 bridgehead atoms. The van der Waals surface area contributed by atoms with Crippen molar-refractivity contribution in [2.75, 3.05) is 14.2 Å². The number of rotatable bonds is 4. The van der Waals surface area contributed by atoms with Gasteiger partial charge in [0.25, 0.3) is 0 Å². The van der Waals surface area contributed by atoms with Crippen molar-refractivity contribution in [1.29, 1.82) is 0 Å². The number of nitrogens with two attached hydrogens (primary N) is 1. The summed E-state index contributed by atoms with van der Waals surface area (Å²) in [5.41, 5.74) is 6.69. The molecule has 106 valence electrons. The van der Waals surface area contributed by atoms with Crippen LogP contribution in [0.5, 0.6) is 0 Å². The highest BCUT2D eigenvalue weighted by Gasteiger charge is 2.34. The lowest BCUT2D eigenvalue weighted by molar-refractivity contribution is 0.0601. The summed E-state index contributed by atoms with van der Waals surface area (Å²) in [7, 11) is 2.95. The van der Waals surface area contributed by atoms with Crippen LogP contribution in [0.4, 0.5) is 0 Å². The number of ether oxygens (including phenoxy) is 2. The number of carbonyl (C=O) groups excluding carboxylic acids is 1. The Morgan fingerprint density at radius 3 is 2.63 bits per heavy atom. The van der Waals surface area contributed by atoms with Crippen molar-refractivity contribution >= 4 is 17.3 Å². The standard InChI is InChI=1S/C13H20N2O3S/c1-17-8-9-10(11(16)18-2)19-12(15-9)13(14)6-4-3-5-7-13/h3-8,14H2,1-2H3. The van der Waals surface area contributed by atoms with Crippen molar-refractivity contribution in [2.45, 2.75) is 44.2 Å². The summed E-state index contributed by atoms with van der Waals surface area (Å²) in [6, 6.07) is 0. The SMILES string of the molecule is COCc1nc(C2(N)CCCCC2)sc1C(=O)OC. The third kappa shape index (κ3) is 2.96. The molecule has 1 heterocycles. The quantitative estimate of drug-likeness (QED) is 0.858. The van der Waals surface area contributed by atoms with Gasteiger partial charge in [-0.2, -0.15) is 0 Å². The second kappa shape index (κ2) is 5.98. The fourth-order valence-corrected chi connectivity index (χ4v) is 3.59. The molecule has 1 aliphatic rings. The maximum atomic E-state index is 11.8. The summed E-state index contributed by atoms with van der Waals surface area (Å²) in [6.07, 6.45) is 5.30. The number of aromatic nitrogens is 1.